The molecule has 0 fully saturated rings. The smallest absolute Gasteiger partial charge is 0.0639 e. The lowest BCUT2D eigenvalue weighted by molar-refractivity contribution is 0.0170. The molecule has 0 amide bonds. The van der Waals surface area contributed by atoms with Gasteiger partial charge in [-0.3, -0.25) is 0 Å². The summed E-state index contributed by atoms with van der Waals surface area (Å²) in [6, 6.07) is 8.71. The Balaban J connectivity index is 2.20. The van der Waals surface area contributed by atoms with Gasteiger partial charge in [0.15, 0.2) is 0 Å². The van der Waals surface area contributed by atoms with Gasteiger partial charge in [0.1, 0.15) is 0 Å². The molecule has 0 atom stereocenters. The number of fused-ring (bicyclic) bond motifs is 1. The van der Waals surface area contributed by atoms with Gasteiger partial charge in [0, 0.05) is 38.0 Å². The third kappa shape index (κ3) is 3.74. The predicted octanol–water partition coefficient (Wildman–Crippen LogP) is 3.19. The summed E-state index contributed by atoms with van der Waals surface area (Å²) >= 11 is 0. The van der Waals surface area contributed by atoms with E-state index in [0.29, 0.717) is 0 Å². The molecule has 1 aromatic rings. The highest BCUT2D eigenvalue weighted by Crippen LogP contribution is 2.27. The zero-order valence-corrected chi connectivity index (χ0v) is 13.5. The third-order valence-corrected chi connectivity index (χ3v) is 4.21. The van der Waals surface area contributed by atoms with Gasteiger partial charge in [-0.25, -0.2) is 0 Å². The van der Waals surface area contributed by atoms with Crippen LogP contribution in [0.15, 0.2) is 24.3 Å². The van der Waals surface area contributed by atoms with Gasteiger partial charge in [-0.05, 0) is 45.7 Å². The van der Waals surface area contributed by atoms with Gasteiger partial charge in [0.25, 0.3) is 0 Å². The Kier molecular flexibility index (Phi) is 4.40. The highest BCUT2D eigenvalue weighted by atomic mass is 16.5. The van der Waals surface area contributed by atoms with E-state index in [1.165, 1.54) is 11.3 Å². The Hall–Kier alpha value is -1.06. The summed E-state index contributed by atoms with van der Waals surface area (Å²) in [7, 11) is 1.79. The van der Waals surface area contributed by atoms with Crippen LogP contribution in [0, 0.1) is 0 Å². The molecule has 0 spiro atoms. The van der Waals surface area contributed by atoms with E-state index in [4.69, 9.17) is 4.74 Å². The van der Waals surface area contributed by atoms with Crippen molar-refractivity contribution in [3.63, 3.8) is 0 Å². The minimum absolute atomic E-state index is 0.0706. The molecule has 20 heavy (non-hydrogen) atoms. The minimum atomic E-state index is -0.0706. The first kappa shape index (κ1) is 15.3. The van der Waals surface area contributed by atoms with Crippen molar-refractivity contribution in [2.24, 2.45) is 0 Å². The van der Waals surface area contributed by atoms with Gasteiger partial charge in [-0.1, -0.05) is 18.2 Å². The van der Waals surface area contributed by atoms with Crippen LogP contribution in [0.1, 0.15) is 39.7 Å². The van der Waals surface area contributed by atoms with Crippen molar-refractivity contribution in [2.45, 2.75) is 51.8 Å². The molecule has 0 saturated heterocycles. The highest BCUT2D eigenvalue weighted by Gasteiger charge is 2.28. The van der Waals surface area contributed by atoms with Crippen LogP contribution in [-0.2, 0) is 11.3 Å². The molecule has 1 aliphatic rings. The number of nitrogens with zero attached hydrogens (tertiary/aromatic N) is 1. The highest BCUT2D eigenvalue weighted by molar-refractivity contribution is 5.55. The molecule has 3 nitrogen and oxygen atoms in total. The first-order chi connectivity index (χ1) is 9.33. The standard InChI is InChI=1S/C17H28N2O/c1-16(2)13-19(11-10-17(3,4)20-5)15-9-7-6-8-14(15)12-18-16/h6-9,18H,10-13H2,1-5H3. The van der Waals surface area contributed by atoms with E-state index in [-0.39, 0.29) is 11.1 Å². The van der Waals surface area contributed by atoms with Crippen LogP contribution in [0.5, 0.6) is 0 Å². The third-order valence-electron chi connectivity index (χ3n) is 4.21. The zero-order chi connectivity index (χ0) is 14.8. The van der Waals surface area contributed by atoms with Gasteiger partial charge in [-0.15, -0.1) is 0 Å². The maximum absolute atomic E-state index is 5.56. The molecule has 0 radical (unpaired) electrons. The first-order valence-corrected chi connectivity index (χ1v) is 7.46. The zero-order valence-electron chi connectivity index (χ0n) is 13.5. The van der Waals surface area contributed by atoms with Crippen LogP contribution in [-0.4, -0.2) is 31.3 Å². The molecule has 3 heteroatoms. The summed E-state index contributed by atoms with van der Waals surface area (Å²) in [5.41, 5.74) is 2.79. The molecular formula is C17H28N2O. The summed E-state index contributed by atoms with van der Waals surface area (Å²) in [6.07, 6.45) is 1.02. The number of ether oxygens (including phenoxy) is 1. The number of anilines is 1. The maximum Gasteiger partial charge on any atom is 0.0639 e. The van der Waals surface area contributed by atoms with E-state index in [1.54, 1.807) is 7.11 Å². The fourth-order valence-corrected chi connectivity index (χ4v) is 2.63. The van der Waals surface area contributed by atoms with Crippen molar-refractivity contribution >= 4 is 5.69 Å². The summed E-state index contributed by atoms with van der Waals surface area (Å²) in [6.45, 7) is 11.8. The van der Waals surface area contributed by atoms with Crippen molar-refractivity contribution in [2.75, 3.05) is 25.1 Å². The number of hydrogen-bond donors (Lipinski definition) is 1. The van der Waals surface area contributed by atoms with Gasteiger partial charge < -0.3 is 15.0 Å². The number of hydrogen-bond acceptors (Lipinski definition) is 3. The fraction of sp³-hybridized carbons (Fsp3) is 0.647. The number of benzene rings is 1. The number of methoxy groups -OCH3 is 1. The Labute approximate surface area is 123 Å². The normalized spacial score (nSPS) is 18.6. The molecule has 2 rings (SSSR count). The van der Waals surface area contributed by atoms with E-state index < -0.39 is 0 Å². The second-order valence-electron chi connectivity index (χ2n) is 7.00. The largest absolute Gasteiger partial charge is 0.379 e. The molecule has 0 aromatic heterocycles. The Morgan fingerprint density at radius 2 is 2.00 bits per heavy atom. The van der Waals surface area contributed by atoms with E-state index in [9.17, 15) is 0 Å². The number of rotatable bonds is 4. The Morgan fingerprint density at radius 3 is 2.70 bits per heavy atom. The lowest BCUT2D eigenvalue weighted by Crippen LogP contribution is -2.47. The van der Waals surface area contributed by atoms with Crippen LogP contribution in [0.3, 0.4) is 0 Å². The topological polar surface area (TPSA) is 24.5 Å². The van der Waals surface area contributed by atoms with Crippen LogP contribution in [0.2, 0.25) is 0 Å². The van der Waals surface area contributed by atoms with Crippen LogP contribution >= 0.6 is 0 Å². The maximum atomic E-state index is 5.56. The van der Waals surface area contributed by atoms with Crippen molar-refractivity contribution in [1.82, 2.24) is 5.32 Å². The average molecular weight is 276 g/mol. The van der Waals surface area contributed by atoms with Crippen LogP contribution in [0.4, 0.5) is 5.69 Å². The van der Waals surface area contributed by atoms with Gasteiger partial charge in [0.2, 0.25) is 0 Å². The fourth-order valence-electron chi connectivity index (χ4n) is 2.63. The minimum Gasteiger partial charge on any atom is -0.379 e. The van der Waals surface area contributed by atoms with Crippen molar-refractivity contribution in [3.8, 4) is 0 Å². The Bertz CT molecular complexity index is 454. The van der Waals surface area contributed by atoms with E-state index >= 15 is 0 Å². The van der Waals surface area contributed by atoms with Gasteiger partial charge in [-0.2, -0.15) is 0 Å². The van der Waals surface area contributed by atoms with Gasteiger partial charge >= 0.3 is 0 Å². The summed E-state index contributed by atoms with van der Waals surface area (Å²) < 4.78 is 5.56. The molecule has 1 heterocycles. The molecule has 112 valence electrons. The number of nitrogens with one attached hydrogen (secondary N) is 1. The second kappa shape index (κ2) is 5.74. The van der Waals surface area contributed by atoms with E-state index in [2.05, 4.69) is 62.2 Å². The first-order valence-electron chi connectivity index (χ1n) is 7.46. The lowest BCUT2D eigenvalue weighted by atomic mass is 10.0. The second-order valence-corrected chi connectivity index (χ2v) is 7.00. The average Bonchev–Trinajstić information content (AvgIpc) is 2.54. The van der Waals surface area contributed by atoms with Crippen molar-refractivity contribution < 1.29 is 4.74 Å². The van der Waals surface area contributed by atoms with E-state index in [0.717, 1.165) is 26.1 Å². The molecule has 0 unspecified atom stereocenters. The molecule has 0 saturated carbocycles. The molecular weight excluding hydrogens is 248 g/mol. The molecule has 0 aliphatic carbocycles. The SMILES string of the molecule is COC(C)(C)CCN1CC(C)(C)NCc2ccccc21. The monoisotopic (exact) mass is 276 g/mol. The summed E-state index contributed by atoms with van der Waals surface area (Å²) in [4.78, 5) is 2.50. The van der Waals surface area contributed by atoms with Crippen LogP contribution in [0.25, 0.3) is 0 Å². The molecule has 1 aliphatic heterocycles. The van der Waals surface area contributed by atoms with E-state index in [1.807, 2.05) is 0 Å². The van der Waals surface area contributed by atoms with Crippen molar-refractivity contribution in [1.29, 1.82) is 0 Å². The Morgan fingerprint density at radius 1 is 1.30 bits per heavy atom. The number of para-hydroxylation sites is 1. The molecule has 1 N–H and O–H groups in total. The predicted molar refractivity (Wildman–Crippen MR) is 85.3 cm³/mol. The molecule has 0 bridgehead atoms. The quantitative estimate of drug-likeness (QED) is 0.914. The lowest BCUT2D eigenvalue weighted by Gasteiger charge is -2.34. The van der Waals surface area contributed by atoms with Crippen molar-refractivity contribution in [3.05, 3.63) is 29.8 Å². The van der Waals surface area contributed by atoms with Gasteiger partial charge in [0.05, 0.1) is 5.60 Å². The summed E-state index contributed by atoms with van der Waals surface area (Å²) in [5.74, 6) is 0. The summed E-state index contributed by atoms with van der Waals surface area (Å²) in [5, 5.41) is 3.65. The molecule has 1 aromatic carbocycles. The van der Waals surface area contributed by atoms with Crippen LogP contribution < -0.4 is 10.2 Å².